The van der Waals surface area contributed by atoms with E-state index in [9.17, 15) is 10.2 Å². The summed E-state index contributed by atoms with van der Waals surface area (Å²) >= 11 is 0. The van der Waals surface area contributed by atoms with E-state index in [-0.39, 0.29) is 0 Å². The predicted molar refractivity (Wildman–Crippen MR) is 53.9 cm³/mol. The molecule has 0 spiro atoms. The first kappa shape index (κ1) is 11.6. The first-order valence-corrected chi connectivity index (χ1v) is 4.43. The Bertz CT molecular complexity index is 340. The number of hydrogen-bond acceptors (Lipinski definition) is 5. The molecular formula is C10H13NO4. The maximum Gasteiger partial charge on any atom is 0.107 e. The van der Waals surface area contributed by atoms with E-state index in [1.807, 2.05) is 0 Å². The van der Waals surface area contributed by atoms with Crippen molar-refractivity contribution in [3.05, 3.63) is 35.4 Å². The van der Waals surface area contributed by atoms with Crippen LogP contribution in [0.5, 0.6) is 0 Å². The summed E-state index contributed by atoms with van der Waals surface area (Å²) in [5.74, 6) is 0. The summed E-state index contributed by atoms with van der Waals surface area (Å²) in [7, 11) is 0. The fourth-order valence-corrected chi connectivity index (χ4v) is 1.21. The van der Waals surface area contributed by atoms with E-state index in [0.717, 1.165) is 0 Å². The fourth-order valence-electron chi connectivity index (χ4n) is 1.21. The summed E-state index contributed by atoms with van der Waals surface area (Å²) in [6.45, 7) is -0.514. The molecule has 1 aromatic carbocycles. The van der Waals surface area contributed by atoms with E-state index >= 15 is 0 Å². The molecule has 0 amide bonds. The molecule has 0 aliphatic rings. The second kappa shape index (κ2) is 5.45. The molecular weight excluding hydrogens is 198 g/mol. The highest BCUT2D eigenvalue weighted by molar-refractivity contribution is 5.79. The van der Waals surface area contributed by atoms with Gasteiger partial charge in [-0.2, -0.15) is 0 Å². The molecule has 4 N–H and O–H groups in total. The van der Waals surface area contributed by atoms with Crippen molar-refractivity contribution in [3.8, 4) is 0 Å². The van der Waals surface area contributed by atoms with Gasteiger partial charge < -0.3 is 20.5 Å². The summed E-state index contributed by atoms with van der Waals surface area (Å²) in [5, 5.41) is 38.6. The Morgan fingerprint density at radius 2 is 2.07 bits per heavy atom. The highest BCUT2D eigenvalue weighted by Crippen LogP contribution is 2.17. The quantitative estimate of drug-likeness (QED) is 0.317. The number of aliphatic hydroxyl groups is 3. The molecule has 0 bridgehead atoms. The Morgan fingerprint density at radius 1 is 1.33 bits per heavy atom. The molecule has 0 saturated heterocycles. The molecule has 1 aromatic rings. The number of benzene rings is 1. The minimum Gasteiger partial charge on any atom is -0.411 e. The van der Waals surface area contributed by atoms with Crippen molar-refractivity contribution in [2.24, 2.45) is 5.16 Å². The van der Waals surface area contributed by atoms with Crippen LogP contribution in [-0.4, -0.2) is 39.5 Å². The van der Waals surface area contributed by atoms with E-state index in [4.69, 9.17) is 10.3 Å². The molecule has 0 saturated carbocycles. The third-order valence-electron chi connectivity index (χ3n) is 2.01. The molecule has 0 heterocycles. The van der Waals surface area contributed by atoms with E-state index < -0.39 is 18.8 Å². The van der Waals surface area contributed by atoms with E-state index in [1.54, 1.807) is 24.3 Å². The van der Waals surface area contributed by atoms with Gasteiger partial charge in [-0.05, 0) is 17.2 Å². The van der Waals surface area contributed by atoms with Crippen LogP contribution in [0.15, 0.2) is 29.4 Å². The van der Waals surface area contributed by atoms with Crippen LogP contribution in [0.3, 0.4) is 0 Å². The molecule has 5 nitrogen and oxygen atoms in total. The van der Waals surface area contributed by atoms with Crippen LogP contribution in [0.2, 0.25) is 0 Å². The van der Waals surface area contributed by atoms with Gasteiger partial charge in [-0.25, -0.2) is 0 Å². The molecule has 0 radical (unpaired) electrons. The first-order valence-electron chi connectivity index (χ1n) is 4.43. The third-order valence-corrected chi connectivity index (χ3v) is 2.01. The van der Waals surface area contributed by atoms with Crippen molar-refractivity contribution in [1.29, 1.82) is 0 Å². The van der Waals surface area contributed by atoms with Gasteiger partial charge in [-0.3, -0.25) is 0 Å². The van der Waals surface area contributed by atoms with Gasteiger partial charge in [0.15, 0.2) is 0 Å². The molecule has 0 aromatic heterocycles. The Kier molecular flexibility index (Phi) is 4.23. The zero-order chi connectivity index (χ0) is 11.3. The predicted octanol–water partition coefficient (Wildman–Crippen LogP) is -0.119. The second-order valence-corrected chi connectivity index (χ2v) is 3.11. The summed E-state index contributed by atoms with van der Waals surface area (Å²) in [4.78, 5) is 0. The lowest BCUT2D eigenvalue weighted by atomic mass is 10.0. The lowest BCUT2D eigenvalue weighted by Gasteiger charge is -2.15. The van der Waals surface area contributed by atoms with Gasteiger partial charge in [0.05, 0.1) is 12.8 Å². The topological polar surface area (TPSA) is 93.3 Å². The third kappa shape index (κ3) is 3.02. The Balaban J connectivity index is 2.89. The molecule has 0 fully saturated rings. The summed E-state index contributed by atoms with van der Waals surface area (Å²) < 4.78 is 0. The normalized spacial score (nSPS) is 15.4. The van der Waals surface area contributed by atoms with Gasteiger partial charge in [-0.1, -0.05) is 23.4 Å². The van der Waals surface area contributed by atoms with E-state index in [1.165, 1.54) is 6.21 Å². The standard InChI is InChI=1S/C10H13NO4/c12-6-9(13)10(14)8-3-1-2-7(4-8)5-11-15/h1-5,9-10,12-15H,6H2. The number of oxime groups is 1. The second-order valence-electron chi connectivity index (χ2n) is 3.11. The van der Waals surface area contributed by atoms with Crippen molar-refractivity contribution >= 4 is 6.21 Å². The highest BCUT2D eigenvalue weighted by atomic mass is 16.4. The van der Waals surface area contributed by atoms with E-state index in [2.05, 4.69) is 5.16 Å². The van der Waals surface area contributed by atoms with Crippen molar-refractivity contribution in [1.82, 2.24) is 0 Å². The van der Waals surface area contributed by atoms with Gasteiger partial charge >= 0.3 is 0 Å². The van der Waals surface area contributed by atoms with Gasteiger partial charge in [0, 0.05) is 0 Å². The lowest BCUT2D eigenvalue weighted by Crippen LogP contribution is -2.22. The van der Waals surface area contributed by atoms with Crippen molar-refractivity contribution in [3.63, 3.8) is 0 Å². The van der Waals surface area contributed by atoms with Crippen molar-refractivity contribution < 1.29 is 20.5 Å². The molecule has 5 heteroatoms. The van der Waals surface area contributed by atoms with Gasteiger partial charge in [0.1, 0.15) is 12.2 Å². The minimum atomic E-state index is -1.22. The van der Waals surface area contributed by atoms with Crippen LogP contribution in [0.1, 0.15) is 17.2 Å². The van der Waals surface area contributed by atoms with Crippen LogP contribution in [0.4, 0.5) is 0 Å². The van der Waals surface area contributed by atoms with Gasteiger partial charge in [-0.15, -0.1) is 0 Å². The summed E-state index contributed by atoms with van der Waals surface area (Å²) in [6.07, 6.45) is -1.16. The van der Waals surface area contributed by atoms with Crippen LogP contribution in [0, 0.1) is 0 Å². The average Bonchev–Trinajstić information content (AvgIpc) is 2.28. The molecule has 15 heavy (non-hydrogen) atoms. The summed E-state index contributed by atoms with van der Waals surface area (Å²) in [5.41, 5.74) is 1.05. The largest absolute Gasteiger partial charge is 0.411 e. The number of aliphatic hydroxyl groups excluding tert-OH is 3. The molecule has 2 unspecified atom stereocenters. The van der Waals surface area contributed by atoms with Crippen molar-refractivity contribution in [2.75, 3.05) is 6.61 Å². The SMILES string of the molecule is OCC(O)C(O)c1cccc(C=NO)c1. The number of rotatable bonds is 4. The van der Waals surface area contributed by atoms with Gasteiger partial charge in [0.2, 0.25) is 0 Å². The zero-order valence-corrected chi connectivity index (χ0v) is 7.98. The molecule has 0 aliphatic carbocycles. The maximum absolute atomic E-state index is 9.56. The Labute approximate surface area is 86.9 Å². The molecule has 2 atom stereocenters. The smallest absolute Gasteiger partial charge is 0.107 e. The average molecular weight is 211 g/mol. The number of hydrogen-bond donors (Lipinski definition) is 4. The fraction of sp³-hybridized carbons (Fsp3) is 0.300. The molecule has 82 valence electrons. The Morgan fingerprint density at radius 3 is 2.67 bits per heavy atom. The molecule has 1 rings (SSSR count). The minimum absolute atomic E-state index is 0.453. The zero-order valence-electron chi connectivity index (χ0n) is 7.98. The van der Waals surface area contributed by atoms with Crippen molar-refractivity contribution in [2.45, 2.75) is 12.2 Å². The van der Waals surface area contributed by atoms with Gasteiger partial charge in [0.25, 0.3) is 0 Å². The van der Waals surface area contributed by atoms with Crippen LogP contribution in [-0.2, 0) is 0 Å². The number of nitrogens with zero attached hydrogens (tertiary/aromatic N) is 1. The maximum atomic E-state index is 9.56. The summed E-state index contributed by atoms with van der Waals surface area (Å²) in [6, 6.07) is 6.50. The monoisotopic (exact) mass is 211 g/mol. The molecule has 0 aliphatic heterocycles. The lowest BCUT2D eigenvalue weighted by molar-refractivity contribution is -0.0152. The Hall–Kier alpha value is -1.43. The van der Waals surface area contributed by atoms with Crippen LogP contribution in [0.25, 0.3) is 0 Å². The van der Waals surface area contributed by atoms with E-state index in [0.29, 0.717) is 11.1 Å². The van der Waals surface area contributed by atoms with Crippen LogP contribution < -0.4 is 0 Å². The van der Waals surface area contributed by atoms with Crippen LogP contribution >= 0.6 is 0 Å². The first-order chi connectivity index (χ1) is 7.19. The highest BCUT2D eigenvalue weighted by Gasteiger charge is 2.17.